The molecule has 112 valence electrons. The molecule has 21 heavy (non-hydrogen) atoms. The maximum absolute atomic E-state index is 10.5. The van der Waals surface area contributed by atoms with E-state index in [-0.39, 0.29) is 5.69 Å². The normalized spacial score (nSPS) is 10.5. The number of hydrogen-bond acceptors (Lipinski definition) is 5. The van der Waals surface area contributed by atoms with Crippen LogP contribution in [0.3, 0.4) is 0 Å². The number of nitro groups is 1. The van der Waals surface area contributed by atoms with Gasteiger partial charge in [-0.1, -0.05) is 11.6 Å². The lowest BCUT2D eigenvalue weighted by molar-refractivity contribution is -0.384. The second-order valence-electron chi connectivity index (χ2n) is 4.31. The van der Waals surface area contributed by atoms with Gasteiger partial charge in [-0.05, 0) is 30.7 Å². The Morgan fingerprint density at radius 3 is 2.57 bits per heavy atom. The van der Waals surface area contributed by atoms with Crippen molar-refractivity contribution < 1.29 is 9.66 Å². The zero-order valence-corrected chi connectivity index (χ0v) is 12.8. The summed E-state index contributed by atoms with van der Waals surface area (Å²) >= 11 is 7.45. The smallest absolute Gasteiger partial charge is 0.269 e. The zero-order valence-electron chi connectivity index (χ0n) is 11.3. The largest absolute Gasteiger partial charge is 0.492 e. The molecule has 0 bridgehead atoms. The van der Waals surface area contributed by atoms with Crippen molar-refractivity contribution >= 4 is 28.6 Å². The van der Waals surface area contributed by atoms with Crippen LogP contribution in [0, 0.1) is 10.1 Å². The fraction of sp³-hybridized carbons (Fsp3) is 0.286. The Morgan fingerprint density at radius 2 is 1.95 bits per heavy atom. The van der Waals surface area contributed by atoms with Crippen LogP contribution in [0.2, 0.25) is 4.34 Å². The maximum atomic E-state index is 10.5. The SMILES string of the molecule is O=[N+]([O-])c1ccc(OCCNCCc2ccc(Cl)s2)cc1. The minimum absolute atomic E-state index is 0.0649. The van der Waals surface area contributed by atoms with Crippen LogP contribution in [0.25, 0.3) is 0 Å². The quantitative estimate of drug-likeness (QED) is 0.458. The van der Waals surface area contributed by atoms with E-state index in [0.29, 0.717) is 12.4 Å². The van der Waals surface area contributed by atoms with Gasteiger partial charge in [0, 0.05) is 30.1 Å². The molecule has 0 unspecified atom stereocenters. The van der Waals surface area contributed by atoms with Gasteiger partial charge in [0.25, 0.3) is 5.69 Å². The molecule has 1 aromatic carbocycles. The first-order valence-electron chi connectivity index (χ1n) is 6.47. The Labute approximate surface area is 131 Å². The van der Waals surface area contributed by atoms with E-state index in [9.17, 15) is 10.1 Å². The van der Waals surface area contributed by atoms with Crippen LogP contribution in [0.1, 0.15) is 4.88 Å². The molecule has 2 rings (SSSR count). The highest BCUT2D eigenvalue weighted by molar-refractivity contribution is 7.16. The van der Waals surface area contributed by atoms with Crippen LogP contribution in [0.4, 0.5) is 5.69 Å². The minimum Gasteiger partial charge on any atom is -0.492 e. The summed E-state index contributed by atoms with van der Waals surface area (Å²) in [4.78, 5) is 11.3. The number of nitro benzene ring substituents is 1. The first-order valence-corrected chi connectivity index (χ1v) is 7.67. The van der Waals surface area contributed by atoms with Gasteiger partial charge in [0.15, 0.2) is 0 Å². The van der Waals surface area contributed by atoms with Crippen molar-refractivity contribution in [2.24, 2.45) is 0 Å². The van der Waals surface area contributed by atoms with Crippen LogP contribution in [0.15, 0.2) is 36.4 Å². The molecule has 1 aromatic heterocycles. The van der Waals surface area contributed by atoms with Gasteiger partial charge in [-0.25, -0.2) is 0 Å². The van der Waals surface area contributed by atoms with Crippen molar-refractivity contribution in [1.29, 1.82) is 0 Å². The molecule has 0 spiro atoms. The fourth-order valence-electron chi connectivity index (χ4n) is 1.73. The molecule has 0 fully saturated rings. The number of halogens is 1. The van der Waals surface area contributed by atoms with Crippen LogP contribution in [0.5, 0.6) is 5.75 Å². The summed E-state index contributed by atoms with van der Waals surface area (Å²) in [5.41, 5.74) is 0.0649. The van der Waals surface area contributed by atoms with Crippen molar-refractivity contribution in [2.75, 3.05) is 19.7 Å². The van der Waals surface area contributed by atoms with Crippen LogP contribution < -0.4 is 10.1 Å². The van der Waals surface area contributed by atoms with Gasteiger partial charge in [-0.3, -0.25) is 10.1 Å². The molecule has 0 radical (unpaired) electrons. The lowest BCUT2D eigenvalue weighted by Crippen LogP contribution is -2.23. The molecule has 0 atom stereocenters. The monoisotopic (exact) mass is 326 g/mol. The van der Waals surface area contributed by atoms with Gasteiger partial charge < -0.3 is 10.1 Å². The Morgan fingerprint density at radius 1 is 1.19 bits per heavy atom. The summed E-state index contributed by atoms with van der Waals surface area (Å²) in [5.74, 6) is 0.632. The second-order valence-corrected chi connectivity index (χ2v) is 6.10. The second kappa shape index (κ2) is 7.97. The molecular weight excluding hydrogens is 312 g/mol. The summed E-state index contributed by atoms with van der Waals surface area (Å²) in [6.45, 7) is 2.10. The first-order chi connectivity index (χ1) is 10.1. The summed E-state index contributed by atoms with van der Waals surface area (Å²) < 4.78 is 6.31. The van der Waals surface area contributed by atoms with Gasteiger partial charge in [-0.2, -0.15) is 0 Å². The Kier molecular flexibility index (Phi) is 5.98. The molecule has 0 aliphatic carbocycles. The van der Waals surface area contributed by atoms with E-state index in [1.165, 1.54) is 17.0 Å². The Bertz CT molecular complexity index is 586. The lowest BCUT2D eigenvalue weighted by atomic mass is 10.3. The highest BCUT2D eigenvalue weighted by atomic mass is 35.5. The van der Waals surface area contributed by atoms with E-state index in [4.69, 9.17) is 16.3 Å². The number of rotatable bonds is 8. The molecule has 0 aliphatic heterocycles. The maximum Gasteiger partial charge on any atom is 0.269 e. The topological polar surface area (TPSA) is 64.4 Å². The highest BCUT2D eigenvalue weighted by Crippen LogP contribution is 2.21. The summed E-state index contributed by atoms with van der Waals surface area (Å²) in [6, 6.07) is 10.0. The first kappa shape index (κ1) is 15.8. The molecule has 7 heteroatoms. The predicted octanol–water partition coefficient (Wildman–Crippen LogP) is 3.52. The van der Waals surface area contributed by atoms with Gasteiger partial charge in [0.2, 0.25) is 0 Å². The molecule has 0 saturated carbocycles. The molecule has 1 heterocycles. The summed E-state index contributed by atoms with van der Waals surface area (Å²) in [6.07, 6.45) is 0.939. The number of benzene rings is 1. The van der Waals surface area contributed by atoms with Crippen LogP contribution in [-0.4, -0.2) is 24.6 Å². The number of non-ortho nitro benzene ring substituents is 1. The molecule has 2 aromatic rings. The molecule has 0 saturated heterocycles. The van der Waals surface area contributed by atoms with Crippen molar-refractivity contribution in [3.63, 3.8) is 0 Å². The van der Waals surface area contributed by atoms with E-state index in [0.717, 1.165) is 23.8 Å². The van der Waals surface area contributed by atoms with Crippen molar-refractivity contribution in [2.45, 2.75) is 6.42 Å². The number of nitrogens with zero attached hydrogens (tertiary/aromatic N) is 1. The van der Waals surface area contributed by atoms with Crippen LogP contribution >= 0.6 is 22.9 Å². The van der Waals surface area contributed by atoms with Crippen LogP contribution in [-0.2, 0) is 6.42 Å². The van der Waals surface area contributed by atoms with Gasteiger partial charge in [0.1, 0.15) is 12.4 Å². The predicted molar refractivity (Wildman–Crippen MR) is 84.5 cm³/mol. The third-order valence-corrected chi connectivity index (χ3v) is 4.06. The lowest BCUT2D eigenvalue weighted by Gasteiger charge is -2.07. The fourth-order valence-corrected chi connectivity index (χ4v) is 2.81. The van der Waals surface area contributed by atoms with Crippen molar-refractivity contribution in [3.05, 3.63) is 55.7 Å². The average Bonchev–Trinajstić information content (AvgIpc) is 2.89. The minimum atomic E-state index is -0.428. The van der Waals surface area contributed by atoms with Crippen molar-refractivity contribution in [1.82, 2.24) is 5.32 Å². The van der Waals surface area contributed by atoms with E-state index in [1.807, 2.05) is 12.1 Å². The standard InChI is InChI=1S/C14H15ClN2O3S/c15-14-6-5-13(21-14)7-8-16-9-10-20-12-3-1-11(2-4-12)17(18)19/h1-6,16H,7-10H2. The number of ether oxygens (including phenoxy) is 1. The Balaban J connectivity index is 1.60. The molecule has 0 aliphatic rings. The number of thiophene rings is 1. The number of hydrogen-bond donors (Lipinski definition) is 1. The van der Waals surface area contributed by atoms with E-state index in [1.54, 1.807) is 23.5 Å². The summed E-state index contributed by atoms with van der Waals surface area (Å²) in [5, 5.41) is 13.8. The molecule has 0 amide bonds. The van der Waals surface area contributed by atoms with E-state index >= 15 is 0 Å². The third-order valence-electron chi connectivity index (χ3n) is 2.77. The van der Waals surface area contributed by atoms with Gasteiger partial charge in [-0.15, -0.1) is 11.3 Å². The summed E-state index contributed by atoms with van der Waals surface area (Å²) in [7, 11) is 0. The van der Waals surface area contributed by atoms with Gasteiger partial charge in [0.05, 0.1) is 9.26 Å². The molecule has 5 nitrogen and oxygen atoms in total. The highest BCUT2D eigenvalue weighted by Gasteiger charge is 2.04. The van der Waals surface area contributed by atoms with Crippen molar-refractivity contribution in [3.8, 4) is 5.75 Å². The third kappa shape index (κ3) is 5.34. The van der Waals surface area contributed by atoms with Gasteiger partial charge >= 0.3 is 0 Å². The van der Waals surface area contributed by atoms with E-state index in [2.05, 4.69) is 5.32 Å². The average molecular weight is 327 g/mol. The molecular formula is C14H15ClN2O3S. The Hall–Kier alpha value is -1.63. The number of nitrogens with one attached hydrogen (secondary N) is 1. The zero-order chi connectivity index (χ0) is 15.1. The molecule has 1 N–H and O–H groups in total. The van der Waals surface area contributed by atoms with E-state index < -0.39 is 4.92 Å².